The van der Waals surface area contributed by atoms with Crippen molar-refractivity contribution in [3.05, 3.63) is 77.4 Å². The Balaban J connectivity index is 1.22. The molecule has 6 rings (SSSR count). The largest absolute Gasteiger partial charge is 0.460 e. The Morgan fingerprint density at radius 1 is 1.04 bits per heavy atom. The van der Waals surface area contributed by atoms with Crippen LogP contribution in [0.5, 0.6) is 0 Å². The predicted octanol–water partition coefficient (Wildman–Crippen LogP) is 6.04. The van der Waals surface area contributed by atoms with Crippen LogP contribution < -0.4 is 4.90 Å². The van der Waals surface area contributed by atoms with Crippen LogP contribution in [0.4, 0.5) is 5.69 Å². The second-order valence-electron chi connectivity index (χ2n) is 14.0. The second kappa shape index (κ2) is 13.9. The molecule has 0 N–H and O–H groups in total. The molecule has 5 heterocycles. The van der Waals surface area contributed by atoms with Gasteiger partial charge in [0.05, 0.1) is 31.0 Å². The third-order valence-corrected chi connectivity index (χ3v) is 9.04. The summed E-state index contributed by atoms with van der Waals surface area (Å²) in [6.07, 6.45) is 5.32. The lowest BCUT2D eigenvalue weighted by molar-refractivity contribution is -0.155. The van der Waals surface area contributed by atoms with Gasteiger partial charge in [-0.05, 0) is 120 Å². The van der Waals surface area contributed by atoms with Crippen molar-refractivity contribution < 1.29 is 14.3 Å². The Morgan fingerprint density at radius 2 is 1.85 bits per heavy atom. The van der Waals surface area contributed by atoms with Gasteiger partial charge in [0.2, 0.25) is 0 Å². The molecule has 0 spiro atoms. The normalized spacial score (nSPS) is 18.3. The molecule has 0 aliphatic carbocycles. The van der Waals surface area contributed by atoms with Gasteiger partial charge in [0.25, 0.3) is 0 Å². The zero-order chi connectivity index (χ0) is 32.3. The number of pyridine rings is 2. The number of aryl methyl sites for hydroxylation is 3. The molecule has 0 radical (unpaired) electrons. The summed E-state index contributed by atoms with van der Waals surface area (Å²) in [7, 11) is 0. The first-order chi connectivity index (χ1) is 22.1. The summed E-state index contributed by atoms with van der Waals surface area (Å²) < 4.78 is 13.6. The Bertz CT molecular complexity index is 1650. The van der Waals surface area contributed by atoms with E-state index in [9.17, 15) is 4.79 Å². The molecule has 46 heavy (non-hydrogen) atoms. The molecular weight excluding hydrogens is 576 g/mol. The van der Waals surface area contributed by atoms with Crippen LogP contribution in [0.15, 0.2) is 54.7 Å². The fraction of sp³-hybridized carbons (Fsp3) is 0.514. The molecular formula is C37H48N6O3. The summed E-state index contributed by atoms with van der Waals surface area (Å²) in [5.74, 6) is 0.417. The Morgan fingerprint density at radius 3 is 2.61 bits per heavy atom. The smallest absolute Gasteiger partial charge is 0.306 e. The van der Waals surface area contributed by atoms with Gasteiger partial charge in [-0.25, -0.2) is 14.6 Å². The molecule has 4 aromatic rings. The van der Waals surface area contributed by atoms with Crippen molar-refractivity contribution in [1.82, 2.24) is 24.6 Å². The molecule has 2 atom stereocenters. The number of anilines is 1. The average Bonchev–Trinajstić information content (AvgIpc) is 3.63. The first-order valence-corrected chi connectivity index (χ1v) is 16.8. The number of carbonyl (C=O) groups is 1. The van der Waals surface area contributed by atoms with Crippen molar-refractivity contribution in [2.75, 3.05) is 50.8 Å². The summed E-state index contributed by atoms with van der Waals surface area (Å²) in [6.45, 7) is 15.9. The number of ether oxygens (including phenoxy) is 2. The van der Waals surface area contributed by atoms with Gasteiger partial charge in [0, 0.05) is 60.8 Å². The molecule has 2 aliphatic heterocycles. The van der Waals surface area contributed by atoms with Gasteiger partial charge in [-0.3, -0.25) is 4.79 Å². The first-order valence-electron chi connectivity index (χ1n) is 16.8. The quantitative estimate of drug-likeness (QED) is 0.198. The highest BCUT2D eigenvalue weighted by Crippen LogP contribution is 2.33. The number of hydrogen-bond acceptors (Lipinski definition) is 8. The van der Waals surface area contributed by atoms with Crippen LogP contribution in [0.25, 0.3) is 16.7 Å². The SMILES string of the molecule is Cc1cc(C)n(-c2cc(C(CC(=O)OC(C)(C)C)CN3CCC(CCc4ccc5cccnc5n4)C3)cc(N3CCOCC3)c2)n1. The number of rotatable bonds is 10. The van der Waals surface area contributed by atoms with E-state index < -0.39 is 5.60 Å². The van der Waals surface area contributed by atoms with Crippen molar-refractivity contribution in [2.24, 2.45) is 5.92 Å². The topological polar surface area (TPSA) is 85.6 Å². The second-order valence-corrected chi connectivity index (χ2v) is 14.0. The lowest BCUT2D eigenvalue weighted by Crippen LogP contribution is -2.36. The Labute approximate surface area is 272 Å². The molecule has 2 unspecified atom stereocenters. The van der Waals surface area contributed by atoms with Gasteiger partial charge in [-0.1, -0.05) is 0 Å². The van der Waals surface area contributed by atoms with Crippen molar-refractivity contribution in [3.63, 3.8) is 0 Å². The van der Waals surface area contributed by atoms with Gasteiger partial charge in [-0.15, -0.1) is 0 Å². The standard InChI is InChI=1S/C37H48N6O3/c1-26-19-27(2)43(40-26)34-21-30(20-33(23-34)42-15-17-45-18-16-42)31(22-35(44)46-37(3,4)5)25-41-14-12-28(24-41)8-10-32-11-9-29-7-6-13-38-36(29)39-32/h6-7,9,11,13,19-21,23,28,31H,8,10,12,14-18,22,24-25H2,1-5H3. The summed E-state index contributed by atoms with van der Waals surface area (Å²) in [6, 6.07) is 17.1. The van der Waals surface area contributed by atoms with E-state index in [2.05, 4.69) is 64.2 Å². The molecule has 0 bridgehead atoms. The van der Waals surface area contributed by atoms with E-state index >= 15 is 0 Å². The summed E-state index contributed by atoms with van der Waals surface area (Å²) in [5, 5.41) is 5.89. The van der Waals surface area contributed by atoms with Crippen LogP contribution in [0.2, 0.25) is 0 Å². The van der Waals surface area contributed by atoms with Gasteiger partial charge in [0.15, 0.2) is 5.65 Å². The fourth-order valence-corrected chi connectivity index (χ4v) is 6.85. The van der Waals surface area contributed by atoms with E-state index in [0.717, 1.165) is 97.0 Å². The minimum Gasteiger partial charge on any atom is -0.460 e. The molecule has 0 saturated carbocycles. The van der Waals surface area contributed by atoms with E-state index in [1.54, 1.807) is 6.20 Å². The van der Waals surface area contributed by atoms with E-state index in [0.29, 0.717) is 25.6 Å². The third-order valence-electron chi connectivity index (χ3n) is 9.04. The zero-order valence-electron chi connectivity index (χ0n) is 28.0. The molecule has 0 amide bonds. The Kier molecular flexibility index (Phi) is 9.70. The van der Waals surface area contributed by atoms with Gasteiger partial charge in [0.1, 0.15) is 5.60 Å². The molecule has 9 nitrogen and oxygen atoms in total. The number of esters is 1. The van der Waals surface area contributed by atoms with Crippen LogP contribution in [-0.2, 0) is 20.7 Å². The first kappa shape index (κ1) is 32.1. The summed E-state index contributed by atoms with van der Waals surface area (Å²) in [5.41, 5.74) is 6.78. The van der Waals surface area contributed by atoms with Crippen LogP contribution in [0.3, 0.4) is 0 Å². The molecule has 1 aromatic carbocycles. The maximum absolute atomic E-state index is 13.3. The minimum atomic E-state index is -0.531. The molecule has 244 valence electrons. The average molecular weight is 625 g/mol. The molecule has 2 aliphatic rings. The van der Waals surface area contributed by atoms with Crippen LogP contribution in [-0.4, -0.2) is 82.2 Å². The van der Waals surface area contributed by atoms with Crippen LogP contribution >= 0.6 is 0 Å². The fourth-order valence-electron chi connectivity index (χ4n) is 6.85. The summed E-state index contributed by atoms with van der Waals surface area (Å²) in [4.78, 5) is 27.5. The number of likely N-dealkylation sites (tertiary alicyclic amines) is 1. The van der Waals surface area contributed by atoms with Gasteiger partial charge >= 0.3 is 5.97 Å². The zero-order valence-corrected chi connectivity index (χ0v) is 28.0. The van der Waals surface area contributed by atoms with Crippen molar-refractivity contribution in [3.8, 4) is 5.69 Å². The number of hydrogen-bond donors (Lipinski definition) is 0. The third kappa shape index (κ3) is 8.12. The van der Waals surface area contributed by atoms with Crippen molar-refractivity contribution in [1.29, 1.82) is 0 Å². The van der Waals surface area contributed by atoms with E-state index in [4.69, 9.17) is 19.6 Å². The molecule has 2 fully saturated rings. The highest BCUT2D eigenvalue weighted by Gasteiger charge is 2.29. The molecule has 2 saturated heterocycles. The van der Waals surface area contributed by atoms with Gasteiger partial charge in [-0.2, -0.15) is 5.10 Å². The number of aromatic nitrogens is 4. The highest BCUT2D eigenvalue weighted by molar-refractivity contribution is 5.74. The Hall–Kier alpha value is -3.82. The van der Waals surface area contributed by atoms with Crippen molar-refractivity contribution in [2.45, 2.75) is 71.8 Å². The number of morpholine rings is 1. The van der Waals surface area contributed by atoms with E-state index in [1.165, 1.54) is 0 Å². The maximum atomic E-state index is 13.3. The van der Waals surface area contributed by atoms with Gasteiger partial charge < -0.3 is 19.3 Å². The van der Waals surface area contributed by atoms with Crippen LogP contribution in [0, 0.1) is 19.8 Å². The van der Waals surface area contributed by atoms with E-state index in [1.807, 2.05) is 38.4 Å². The predicted molar refractivity (Wildman–Crippen MR) is 182 cm³/mol. The minimum absolute atomic E-state index is 0.0152. The summed E-state index contributed by atoms with van der Waals surface area (Å²) >= 11 is 0. The number of benzene rings is 1. The maximum Gasteiger partial charge on any atom is 0.306 e. The lowest BCUT2D eigenvalue weighted by atomic mass is 9.93. The van der Waals surface area contributed by atoms with E-state index in [-0.39, 0.29) is 11.9 Å². The molecule has 3 aromatic heterocycles. The molecule has 9 heteroatoms. The lowest BCUT2D eigenvalue weighted by Gasteiger charge is -2.31. The number of nitrogens with zero attached hydrogens (tertiary/aromatic N) is 6. The van der Waals surface area contributed by atoms with Crippen molar-refractivity contribution >= 4 is 22.7 Å². The number of carbonyl (C=O) groups excluding carboxylic acids is 1. The number of fused-ring (bicyclic) bond motifs is 1. The monoisotopic (exact) mass is 624 g/mol. The highest BCUT2D eigenvalue weighted by atomic mass is 16.6. The van der Waals surface area contributed by atoms with Crippen LogP contribution in [0.1, 0.15) is 68.6 Å².